The Morgan fingerprint density at radius 2 is 1.36 bits per heavy atom. The molecule has 4 atom stereocenters. The lowest BCUT2D eigenvalue weighted by Gasteiger charge is -2.28. The van der Waals surface area contributed by atoms with Gasteiger partial charge < -0.3 is 11.5 Å². The lowest BCUT2D eigenvalue weighted by atomic mass is 9.79. The first kappa shape index (κ1) is 7.56. The van der Waals surface area contributed by atoms with E-state index < -0.39 is 0 Å². The minimum absolute atomic E-state index is 0.763. The molecule has 0 aromatic rings. The number of hydrogen-bond donors (Lipinski definition) is 2. The van der Waals surface area contributed by atoms with Gasteiger partial charge in [0.05, 0.1) is 0 Å². The smallest absolute Gasteiger partial charge is 0.00430 e. The maximum Gasteiger partial charge on any atom is -0.00430 e. The molecule has 2 bridgehead atoms. The van der Waals surface area contributed by atoms with E-state index in [4.69, 9.17) is 11.5 Å². The molecule has 2 aliphatic rings. The van der Waals surface area contributed by atoms with Crippen LogP contribution >= 0.6 is 0 Å². The monoisotopic (exact) mass is 154 g/mol. The van der Waals surface area contributed by atoms with Crippen LogP contribution in [0.1, 0.15) is 19.3 Å². The lowest BCUT2D eigenvalue weighted by molar-refractivity contribution is 0.234. The van der Waals surface area contributed by atoms with Crippen molar-refractivity contribution in [3.05, 3.63) is 0 Å². The molecule has 0 unspecified atom stereocenters. The molecule has 2 aliphatic carbocycles. The minimum atomic E-state index is 0.763. The molecule has 4 N–H and O–H groups in total. The number of hydrogen-bond acceptors (Lipinski definition) is 2. The lowest BCUT2D eigenvalue weighted by Crippen LogP contribution is -2.33. The van der Waals surface area contributed by atoms with Crippen molar-refractivity contribution in [2.75, 3.05) is 13.1 Å². The molecular formula is C9H18N2. The number of fused-ring (bicyclic) bond motifs is 2. The Balaban J connectivity index is 2.08. The Kier molecular flexibility index (Phi) is 1.90. The Hall–Kier alpha value is -0.0800. The van der Waals surface area contributed by atoms with Crippen LogP contribution in [0.15, 0.2) is 0 Å². The van der Waals surface area contributed by atoms with Gasteiger partial charge in [-0.15, -0.1) is 0 Å². The molecule has 0 radical (unpaired) electrons. The van der Waals surface area contributed by atoms with E-state index in [1.54, 1.807) is 0 Å². The van der Waals surface area contributed by atoms with Crippen molar-refractivity contribution in [3.8, 4) is 0 Å². The summed E-state index contributed by atoms with van der Waals surface area (Å²) in [6.07, 6.45) is 4.26. The van der Waals surface area contributed by atoms with Gasteiger partial charge in [-0.1, -0.05) is 0 Å². The predicted octanol–water partition coefficient (Wildman–Crippen LogP) is 0.566. The second kappa shape index (κ2) is 2.76. The zero-order valence-electron chi connectivity index (χ0n) is 7.00. The number of rotatable bonds is 2. The standard InChI is InChI=1S/C9H18N2/c10-4-8-6-1-2-7(3-6)9(8)5-11/h6-9H,1-5,10-11H2/t6-,7+,8-,9-/m1/s1. The van der Waals surface area contributed by atoms with Gasteiger partial charge in [0.2, 0.25) is 0 Å². The van der Waals surface area contributed by atoms with E-state index in [1.807, 2.05) is 0 Å². The molecule has 11 heavy (non-hydrogen) atoms. The first-order chi connectivity index (χ1) is 5.36. The molecule has 0 amide bonds. The van der Waals surface area contributed by atoms with Crippen LogP contribution in [0.2, 0.25) is 0 Å². The van der Waals surface area contributed by atoms with Gasteiger partial charge in [-0.25, -0.2) is 0 Å². The second-order valence-electron chi connectivity index (χ2n) is 4.13. The topological polar surface area (TPSA) is 52.0 Å². The first-order valence-corrected chi connectivity index (χ1v) is 4.77. The summed E-state index contributed by atoms with van der Waals surface area (Å²) in [5, 5.41) is 0. The average Bonchev–Trinajstić information content (AvgIpc) is 2.60. The summed E-state index contributed by atoms with van der Waals surface area (Å²) >= 11 is 0. The third-order valence-corrected chi connectivity index (χ3v) is 3.82. The molecule has 2 heteroatoms. The maximum absolute atomic E-state index is 5.73. The zero-order valence-corrected chi connectivity index (χ0v) is 7.00. The third kappa shape index (κ3) is 1.00. The molecule has 2 saturated carbocycles. The minimum Gasteiger partial charge on any atom is -0.330 e. The number of nitrogens with two attached hydrogens (primary N) is 2. The quantitative estimate of drug-likeness (QED) is 0.611. The molecule has 0 heterocycles. The highest BCUT2D eigenvalue weighted by Crippen LogP contribution is 2.51. The molecule has 0 spiro atoms. The van der Waals surface area contributed by atoms with E-state index in [0.29, 0.717) is 0 Å². The van der Waals surface area contributed by atoms with Gasteiger partial charge in [-0.2, -0.15) is 0 Å². The maximum atomic E-state index is 5.73. The molecule has 64 valence electrons. The van der Waals surface area contributed by atoms with Crippen LogP contribution in [0.3, 0.4) is 0 Å². The van der Waals surface area contributed by atoms with Crippen molar-refractivity contribution in [2.24, 2.45) is 35.1 Å². The van der Waals surface area contributed by atoms with E-state index in [1.165, 1.54) is 19.3 Å². The van der Waals surface area contributed by atoms with Crippen molar-refractivity contribution in [1.82, 2.24) is 0 Å². The fraction of sp³-hybridized carbons (Fsp3) is 1.00. The van der Waals surface area contributed by atoms with Crippen molar-refractivity contribution in [2.45, 2.75) is 19.3 Å². The highest BCUT2D eigenvalue weighted by atomic mass is 14.7. The Bertz CT molecular complexity index is 130. The van der Waals surface area contributed by atoms with Crippen molar-refractivity contribution in [3.63, 3.8) is 0 Å². The Morgan fingerprint density at radius 3 is 1.73 bits per heavy atom. The van der Waals surface area contributed by atoms with Gasteiger partial charge in [0.15, 0.2) is 0 Å². The van der Waals surface area contributed by atoms with Gasteiger partial charge in [0.1, 0.15) is 0 Å². The largest absolute Gasteiger partial charge is 0.330 e. The summed E-state index contributed by atoms with van der Waals surface area (Å²) in [4.78, 5) is 0. The fourth-order valence-corrected chi connectivity index (χ4v) is 3.26. The van der Waals surface area contributed by atoms with E-state index in [0.717, 1.165) is 36.8 Å². The van der Waals surface area contributed by atoms with E-state index >= 15 is 0 Å². The first-order valence-electron chi connectivity index (χ1n) is 4.77. The van der Waals surface area contributed by atoms with Gasteiger partial charge in [0.25, 0.3) is 0 Å². The molecule has 0 aromatic carbocycles. The average molecular weight is 154 g/mol. The molecule has 0 aromatic heterocycles. The molecule has 0 saturated heterocycles. The molecule has 2 rings (SSSR count). The van der Waals surface area contributed by atoms with Crippen LogP contribution in [0, 0.1) is 23.7 Å². The summed E-state index contributed by atoms with van der Waals surface area (Å²) < 4.78 is 0. The molecule has 0 aliphatic heterocycles. The van der Waals surface area contributed by atoms with E-state index in [9.17, 15) is 0 Å². The third-order valence-electron chi connectivity index (χ3n) is 3.82. The van der Waals surface area contributed by atoms with Crippen LogP contribution < -0.4 is 11.5 Å². The van der Waals surface area contributed by atoms with Crippen LogP contribution in [-0.4, -0.2) is 13.1 Å². The van der Waals surface area contributed by atoms with E-state index in [2.05, 4.69) is 0 Å². The highest BCUT2D eigenvalue weighted by molar-refractivity contribution is 4.96. The summed E-state index contributed by atoms with van der Waals surface area (Å²) in [6, 6.07) is 0. The summed E-state index contributed by atoms with van der Waals surface area (Å²) in [5.41, 5.74) is 11.5. The molecule has 2 fully saturated rings. The Labute approximate surface area is 68.3 Å². The SMILES string of the molecule is NC[C@@H]1[C@@H]2CC[C@@H](C2)[C@H]1CN. The van der Waals surface area contributed by atoms with Crippen LogP contribution in [0.25, 0.3) is 0 Å². The van der Waals surface area contributed by atoms with Gasteiger partial charge in [-0.05, 0) is 56.0 Å². The molecular weight excluding hydrogens is 136 g/mol. The summed E-state index contributed by atoms with van der Waals surface area (Å²) in [7, 11) is 0. The van der Waals surface area contributed by atoms with Crippen molar-refractivity contribution < 1.29 is 0 Å². The van der Waals surface area contributed by atoms with Crippen molar-refractivity contribution >= 4 is 0 Å². The van der Waals surface area contributed by atoms with Gasteiger partial charge >= 0.3 is 0 Å². The molecule has 2 nitrogen and oxygen atoms in total. The summed E-state index contributed by atoms with van der Waals surface area (Å²) in [5.74, 6) is 3.38. The summed E-state index contributed by atoms with van der Waals surface area (Å²) in [6.45, 7) is 1.73. The van der Waals surface area contributed by atoms with Gasteiger partial charge in [0, 0.05) is 0 Å². The van der Waals surface area contributed by atoms with Crippen LogP contribution in [0.5, 0.6) is 0 Å². The highest BCUT2D eigenvalue weighted by Gasteiger charge is 2.45. The second-order valence-corrected chi connectivity index (χ2v) is 4.13. The van der Waals surface area contributed by atoms with Crippen LogP contribution in [0.4, 0.5) is 0 Å². The predicted molar refractivity (Wildman–Crippen MR) is 45.9 cm³/mol. The van der Waals surface area contributed by atoms with E-state index in [-0.39, 0.29) is 0 Å². The fourth-order valence-electron chi connectivity index (χ4n) is 3.26. The normalized spacial score (nSPS) is 48.5. The zero-order chi connectivity index (χ0) is 7.84. The van der Waals surface area contributed by atoms with Crippen LogP contribution in [-0.2, 0) is 0 Å². The Morgan fingerprint density at radius 1 is 0.909 bits per heavy atom. The van der Waals surface area contributed by atoms with Gasteiger partial charge in [-0.3, -0.25) is 0 Å². The van der Waals surface area contributed by atoms with Crippen molar-refractivity contribution in [1.29, 1.82) is 0 Å².